The van der Waals surface area contributed by atoms with Gasteiger partial charge >= 0.3 is 0 Å². The van der Waals surface area contributed by atoms with Crippen LogP contribution >= 0.6 is 0 Å². The largest absolute Gasteiger partial charge is 0.274 e. The second-order valence-corrected chi connectivity index (χ2v) is 5.53. The van der Waals surface area contributed by atoms with Gasteiger partial charge in [-0.3, -0.25) is 14.5 Å². The number of hydrogen-bond donors (Lipinski definition) is 0. The summed E-state index contributed by atoms with van der Waals surface area (Å²) in [7, 11) is 0. The van der Waals surface area contributed by atoms with E-state index in [0.717, 1.165) is 12.8 Å². The van der Waals surface area contributed by atoms with Crippen LogP contribution in [0.4, 0.5) is 5.69 Å². The molecule has 2 aliphatic rings. The fourth-order valence-corrected chi connectivity index (χ4v) is 3.08. The molecule has 1 heterocycles. The van der Waals surface area contributed by atoms with Crippen LogP contribution in [0.1, 0.15) is 26.7 Å². The fraction of sp³-hybridized carbons (Fsp3) is 0.375. The summed E-state index contributed by atoms with van der Waals surface area (Å²) in [5.41, 5.74) is 3.22. The van der Waals surface area contributed by atoms with Crippen molar-refractivity contribution in [1.29, 1.82) is 0 Å². The first-order chi connectivity index (χ1) is 9.09. The van der Waals surface area contributed by atoms with Crippen LogP contribution in [0.5, 0.6) is 0 Å². The minimum absolute atomic E-state index is 0.0342. The molecule has 1 saturated heterocycles. The second kappa shape index (κ2) is 4.34. The van der Waals surface area contributed by atoms with Crippen molar-refractivity contribution in [3.8, 4) is 0 Å². The van der Waals surface area contributed by atoms with Gasteiger partial charge in [0.2, 0.25) is 11.8 Å². The van der Waals surface area contributed by atoms with Gasteiger partial charge in [-0.15, -0.1) is 0 Å². The third-order valence-corrected chi connectivity index (χ3v) is 4.36. The van der Waals surface area contributed by atoms with E-state index in [-0.39, 0.29) is 23.7 Å². The summed E-state index contributed by atoms with van der Waals surface area (Å²) in [6, 6.07) is 9.23. The van der Waals surface area contributed by atoms with E-state index in [0.29, 0.717) is 5.69 Å². The van der Waals surface area contributed by atoms with Gasteiger partial charge in [0.15, 0.2) is 0 Å². The van der Waals surface area contributed by atoms with Crippen molar-refractivity contribution in [1.82, 2.24) is 0 Å². The van der Waals surface area contributed by atoms with Crippen molar-refractivity contribution in [3.05, 3.63) is 41.5 Å². The van der Waals surface area contributed by atoms with Crippen molar-refractivity contribution < 1.29 is 9.59 Å². The number of allylic oxidation sites excluding steroid dienone is 2. The predicted molar refractivity (Wildman–Crippen MR) is 73.5 cm³/mol. The Bertz CT molecular complexity index is 542. The number of nitrogens with zero attached hydrogens (tertiary/aromatic N) is 1. The molecule has 3 nitrogen and oxygen atoms in total. The molecule has 2 amide bonds. The lowest BCUT2D eigenvalue weighted by molar-refractivity contribution is -0.122. The normalized spacial score (nSPS) is 26.9. The van der Waals surface area contributed by atoms with Crippen LogP contribution in [0.3, 0.4) is 0 Å². The number of fused-ring (bicyclic) bond motifs is 1. The Morgan fingerprint density at radius 2 is 1.37 bits per heavy atom. The lowest BCUT2D eigenvalue weighted by Crippen LogP contribution is -2.30. The molecule has 1 aliphatic carbocycles. The first-order valence-electron chi connectivity index (χ1n) is 6.67. The van der Waals surface area contributed by atoms with Crippen molar-refractivity contribution in [2.45, 2.75) is 26.7 Å². The Balaban J connectivity index is 1.97. The number of hydrogen-bond acceptors (Lipinski definition) is 2. The van der Waals surface area contributed by atoms with Gasteiger partial charge in [0.05, 0.1) is 17.5 Å². The zero-order valence-electron chi connectivity index (χ0n) is 11.2. The van der Waals surface area contributed by atoms with Gasteiger partial charge in [0.1, 0.15) is 0 Å². The summed E-state index contributed by atoms with van der Waals surface area (Å²) in [6.07, 6.45) is 1.45. The molecule has 3 heteroatoms. The number of amides is 2. The first-order valence-corrected chi connectivity index (χ1v) is 6.67. The Labute approximate surface area is 112 Å². The topological polar surface area (TPSA) is 37.4 Å². The molecule has 19 heavy (non-hydrogen) atoms. The zero-order chi connectivity index (χ0) is 13.6. The molecule has 1 aliphatic heterocycles. The molecule has 1 aromatic carbocycles. The summed E-state index contributed by atoms with van der Waals surface area (Å²) in [6.45, 7) is 4.13. The standard InChI is InChI=1S/C16H17NO2/c1-10-8-13-14(9-11(10)2)16(19)17(15(13)18)12-6-4-3-5-7-12/h3-7,13-14H,8-9H2,1-2H3/t13-,14+. The maximum atomic E-state index is 12.5. The van der Waals surface area contributed by atoms with Gasteiger partial charge in [-0.25, -0.2) is 0 Å². The number of anilines is 1. The number of imide groups is 1. The molecule has 0 spiro atoms. The van der Waals surface area contributed by atoms with Crippen molar-refractivity contribution in [2.24, 2.45) is 11.8 Å². The van der Waals surface area contributed by atoms with E-state index >= 15 is 0 Å². The lowest BCUT2D eigenvalue weighted by Gasteiger charge is -2.23. The Hall–Kier alpha value is -1.90. The minimum atomic E-state index is -0.156. The van der Waals surface area contributed by atoms with E-state index < -0.39 is 0 Å². The van der Waals surface area contributed by atoms with Crippen LogP contribution in [0.25, 0.3) is 0 Å². The van der Waals surface area contributed by atoms with Gasteiger partial charge in [0.25, 0.3) is 0 Å². The Morgan fingerprint density at radius 3 is 1.84 bits per heavy atom. The van der Waals surface area contributed by atoms with E-state index in [1.54, 1.807) is 0 Å². The first kappa shape index (κ1) is 12.2. The van der Waals surface area contributed by atoms with Crippen LogP contribution in [0, 0.1) is 11.8 Å². The van der Waals surface area contributed by atoms with Crippen LogP contribution in [-0.2, 0) is 9.59 Å². The average molecular weight is 255 g/mol. The van der Waals surface area contributed by atoms with Gasteiger partial charge in [-0.2, -0.15) is 0 Å². The molecular weight excluding hydrogens is 238 g/mol. The molecule has 0 unspecified atom stereocenters. The second-order valence-electron chi connectivity index (χ2n) is 5.53. The molecule has 0 aromatic heterocycles. The fourth-order valence-electron chi connectivity index (χ4n) is 3.08. The molecule has 0 bridgehead atoms. The number of benzene rings is 1. The highest BCUT2D eigenvalue weighted by molar-refractivity contribution is 6.22. The summed E-state index contributed by atoms with van der Waals surface area (Å²) in [5.74, 6) is -0.381. The van der Waals surface area contributed by atoms with Gasteiger partial charge in [0, 0.05) is 0 Å². The quantitative estimate of drug-likeness (QED) is 0.571. The summed E-state index contributed by atoms with van der Waals surface area (Å²) in [4.78, 5) is 26.3. The summed E-state index contributed by atoms with van der Waals surface area (Å²) < 4.78 is 0. The highest BCUT2D eigenvalue weighted by Crippen LogP contribution is 2.42. The third kappa shape index (κ3) is 1.81. The van der Waals surface area contributed by atoms with Crippen LogP contribution in [0.2, 0.25) is 0 Å². The molecule has 0 saturated carbocycles. The zero-order valence-corrected chi connectivity index (χ0v) is 11.2. The number of carbonyl (C=O) groups is 2. The molecule has 0 N–H and O–H groups in total. The number of rotatable bonds is 1. The molecule has 0 radical (unpaired) electrons. The predicted octanol–water partition coefficient (Wildman–Crippen LogP) is 2.92. The lowest BCUT2D eigenvalue weighted by atomic mass is 9.78. The van der Waals surface area contributed by atoms with Gasteiger partial charge in [-0.05, 0) is 38.8 Å². The monoisotopic (exact) mass is 255 g/mol. The molecule has 1 aromatic rings. The molecule has 98 valence electrons. The van der Waals surface area contributed by atoms with Crippen molar-refractivity contribution in [2.75, 3.05) is 4.90 Å². The Morgan fingerprint density at radius 1 is 0.895 bits per heavy atom. The van der Waals surface area contributed by atoms with Crippen molar-refractivity contribution in [3.63, 3.8) is 0 Å². The van der Waals surface area contributed by atoms with E-state index in [4.69, 9.17) is 0 Å². The van der Waals surface area contributed by atoms with E-state index in [1.165, 1.54) is 16.0 Å². The highest BCUT2D eigenvalue weighted by atomic mass is 16.2. The number of para-hydroxylation sites is 1. The molecule has 1 fully saturated rings. The van der Waals surface area contributed by atoms with Gasteiger partial charge < -0.3 is 0 Å². The summed E-state index contributed by atoms with van der Waals surface area (Å²) >= 11 is 0. The third-order valence-electron chi connectivity index (χ3n) is 4.36. The highest BCUT2D eigenvalue weighted by Gasteiger charge is 2.49. The van der Waals surface area contributed by atoms with Crippen LogP contribution < -0.4 is 4.90 Å². The molecule has 2 atom stereocenters. The number of carbonyl (C=O) groups excluding carboxylic acids is 2. The maximum Gasteiger partial charge on any atom is 0.238 e. The average Bonchev–Trinajstić information content (AvgIpc) is 2.64. The van der Waals surface area contributed by atoms with E-state index in [1.807, 2.05) is 30.3 Å². The van der Waals surface area contributed by atoms with E-state index in [2.05, 4.69) is 13.8 Å². The van der Waals surface area contributed by atoms with Crippen LogP contribution in [-0.4, -0.2) is 11.8 Å². The van der Waals surface area contributed by atoms with Crippen LogP contribution in [0.15, 0.2) is 41.5 Å². The van der Waals surface area contributed by atoms with Gasteiger partial charge in [-0.1, -0.05) is 29.3 Å². The Kier molecular flexibility index (Phi) is 2.77. The summed E-state index contributed by atoms with van der Waals surface area (Å²) in [5, 5.41) is 0. The SMILES string of the molecule is CC1=C(C)C[C@H]2C(=O)N(c3ccccc3)C(=O)[C@H]2C1. The smallest absolute Gasteiger partial charge is 0.238 e. The van der Waals surface area contributed by atoms with E-state index in [9.17, 15) is 9.59 Å². The minimum Gasteiger partial charge on any atom is -0.274 e. The maximum absolute atomic E-state index is 12.5. The molecular formula is C16H17NO2. The molecule has 3 rings (SSSR count). The van der Waals surface area contributed by atoms with Crippen molar-refractivity contribution >= 4 is 17.5 Å².